The molecule has 1 aromatic rings. The number of amides is 1. The Labute approximate surface area is 176 Å². The minimum absolute atomic E-state index is 0. The molecule has 2 N–H and O–H groups in total. The van der Waals surface area contributed by atoms with Crippen LogP contribution in [0.1, 0.15) is 35.7 Å². The highest BCUT2D eigenvalue weighted by atomic mass is 35.5. The van der Waals surface area contributed by atoms with Crippen molar-refractivity contribution in [1.82, 2.24) is 14.7 Å². The van der Waals surface area contributed by atoms with E-state index < -0.39 is 0 Å². The lowest BCUT2D eigenvalue weighted by atomic mass is 9.91. The summed E-state index contributed by atoms with van der Waals surface area (Å²) < 4.78 is 0. The van der Waals surface area contributed by atoms with Gasteiger partial charge in [0.25, 0.3) is 5.91 Å². The van der Waals surface area contributed by atoms with Crippen LogP contribution in [0.4, 0.5) is 0 Å². The second kappa shape index (κ2) is 11.2. The highest BCUT2D eigenvalue weighted by Gasteiger charge is 2.29. The fourth-order valence-electron chi connectivity index (χ4n) is 3.98. The minimum Gasteiger partial charge on any atom is -0.334 e. The predicted molar refractivity (Wildman–Crippen MR) is 116 cm³/mol. The first-order chi connectivity index (χ1) is 12.1. The van der Waals surface area contributed by atoms with E-state index in [4.69, 9.17) is 5.73 Å². The van der Waals surface area contributed by atoms with Crippen molar-refractivity contribution in [3.05, 3.63) is 35.4 Å². The number of halogens is 2. The van der Waals surface area contributed by atoms with E-state index in [9.17, 15) is 4.79 Å². The Kier molecular flexibility index (Phi) is 10.1. The van der Waals surface area contributed by atoms with Crippen LogP contribution in [0.3, 0.4) is 0 Å². The summed E-state index contributed by atoms with van der Waals surface area (Å²) in [6, 6.07) is 8.35. The Morgan fingerprint density at radius 3 is 2.52 bits per heavy atom. The lowest BCUT2D eigenvalue weighted by Crippen LogP contribution is -2.49. The van der Waals surface area contributed by atoms with Crippen LogP contribution in [-0.4, -0.2) is 73.0 Å². The zero-order valence-corrected chi connectivity index (χ0v) is 18.1. The van der Waals surface area contributed by atoms with E-state index in [0.29, 0.717) is 12.5 Å². The van der Waals surface area contributed by atoms with Crippen LogP contribution >= 0.6 is 24.8 Å². The van der Waals surface area contributed by atoms with E-state index >= 15 is 0 Å². The minimum atomic E-state index is 0. The molecule has 2 aliphatic heterocycles. The summed E-state index contributed by atoms with van der Waals surface area (Å²) in [5.41, 5.74) is 7.96. The van der Waals surface area contributed by atoms with Crippen LogP contribution in [0, 0.1) is 5.92 Å². The Morgan fingerprint density at radius 1 is 1.15 bits per heavy atom. The molecule has 5 nitrogen and oxygen atoms in total. The Balaban J connectivity index is 0.00000182. The number of carbonyl (C=O) groups is 1. The van der Waals surface area contributed by atoms with Crippen LogP contribution in [0.5, 0.6) is 0 Å². The van der Waals surface area contributed by atoms with Gasteiger partial charge in [0.15, 0.2) is 0 Å². The molecule has 2 fully saturated rings. The number of nitrogens with two attached hydrogens (primary N) is 1. The van der Waals surface area contributed by atoms with Gasteiger partial charge in [-0.3, -0.25) is 9.69 Å². The quantitative estimate of drug-likeness (QED) is 0.818. The number of hydrogen-bond donors (Lipinski definition) is 1. The second-order valence-electron chi connectivity index (χ2n) is 7.80. The molecule has 0 aliphatic carbocycles. The Hall–Kier alpha value is -0.850. The van der Waals surface area contributed by atoms with Gasteiger partial charge in [-0.25, -0.2) is 0 Å². The molecule has 27 heavy (non-hydrogen) atoms. The van der Waals surface area contributed by atoms with Gasteiger partial charge in [0.2, 0.25) is 0 Å². The molecule has 154 valence electrons. The van der Waals surface area contributed by atoms with Gasteiger partial charge in [0, 0.05) is 57.4 Å². The number of benzene rings is 1. The fourth-order valence-corrected chi connectivity index (χ4v) is 3.98. The zero-order chi connectivity index (χ0) is 17.8. The number of carbonyl (C=O) groups excluding carboxylic acids is 1. The third-order valence-electron chi connectivity index (χ3n) is 5.69. The maximum absolute atomic E-state index is 13.0. The molecule has 1 aromatic carbocycles. The molecule has 3 rings (SSSR count). The van der Waals surface area contributed by atoms with E-state index in [-0.39, 0.29) is 36.8 Å². The van der Waals surface area contributed by atoms with Crippen LogP contribution in [0.2, 0.25) is 0 Å². The molecular weight excluding hydrogens is 383 g/mol. The van der Waals surface area contributed by atoms with E-state index in [1.54, 1.807) is 0 Å². The lowest BCUT2D eigenvalue weighted by Gasteiger charge is -2.38. The molecule has 2 atom stereocenters. The van der Waals surface area contributed by atoms with Crippen molar-refractivity contribution in [3.8, 4) is 0 Å². The third kappa shape index (κ3) is 6.33. The molecule has 2 aliphatic rings. The van der Waals surface area contributed by atoms with Crippen molar-refractivity contribution < 1.29 is 4.79 Å². The maximum Gasteiger partial charge on any atom is 0.254 e. The Bertz CT molecular complexity index is 593. The van der Waals surface area contributed by atoms with E-state index in [2.05, 4.69) is 35.9 Å². The Morgan fingerprint density at radius 2 is 1.85 bits per heavy atom. The summed E-state index contributed by atoms with van der Waals surface area (Å²) in [7, 11) is 2.17. The summed E-state index contributed by atoms with van der Waals surface area (Å²) in [5, 5.41) is 0. The molecule has 0 spiro atoms. The maximum atomic E-state index is 13.0. The molecule has 0 radical (unpaired) electrons. The molecule has 7 heteroatoms. The summed E-state index contributed by atoms with van der Waals surface area (Å²) in [4.78, 5) is 19.8. The molecule has 2 saturated heterocycles. The first-order valence-corrected chi connectivity index (χ1v) is 9.57. The van der Waals surface area contributed by atoms with Crippen molar-refractivity contribution in [2.45, 2.75) is 32.4 Å². The molecule has 0 bridgehead atoms. The highest BCUT2D eigenvalue weighted by Crippen LogP contribution is 2.24. The van der Waals surface area contributed by atoms with Crippen molar-refractivity contribution in [1.29, 1.82) is 0 Å². The number of hydrogen-bond acceptors (Lipinski definition) is 4. The monoisotopic (exact) mass is 416 g/mol. The molecular formula is C20H34Cl2N4O. The summed E-state index contributed by atoms with van der Waals surface area (Å²) in [5.74, 6) is 0.795. The first kappa shape index (κ1) is 24.2. The first-order valence-electron chi connectivity index (χ1n) is 9.57. The largest absolute Gasteiger partial charge is 0.334 e. The SMILES string of the molecule is CC1CCN(C(=O)c2cccc(CN3CCN(C)CC3)c2)C(CN)C1.Cl.Cl. The number of rotatable bonds is 4. The smallest absolute Gasteiger partial charge is 0.254 e. The topological polar surface area (TPSA) is 52.8 Å². The van der Waals surface area contributed by atoms with Gasteiger partial charge < -0.3 is 15.5 Å². The summed E-state index contributed by atoms with van der Waals surface area (Å²) >= 11 is 0. The van der Waals surface area contributed by atoms with Gasteiger partial charge in [-0.2, -0.15) is 0 Å². The standard InChI is InChI=1S/C20H32N4O.2ClH/c1-16-6-7-24(19(12-16)14-21)20(25)18-5-3-4-17(13-18)15-23-10-8-22(2)9-11-23;;/h3-5,13,16,19H,6-12,14-15,21H2,1-2H3;2*1H. The van der Waals surface area contributed by atoms with Crippen LogP contribution in [0.15, 0.2) is 24.3 Å². The zero-order valence-electron chi connectivity index (χ0n) is 16.5. The van der Waals surface area contributed by atoms with Crippen molar-refractivity contribution in [2.75, 3.05) is 46.3 Å². The third-order valence-corrected chi connectivity index (χ3v) is 5.69. The fraction of sp³-hybridized carbons (Fsp3) is 0.650. The number of nitrogens with zero attached hydrogens (tertiary/aromatic N) is 3. The average Bonchev–Trinajstić information content (AvgIpc) is 2.63. The molecule has 1 amide bonds. The van der Waals surface area contributed by atoms with Crippen molar-refractivity contribution in [3.63, 3.8) is 0 Å². The molecule has 2 unspecified atom stereocenters. The van der Waals surface area contributed by atoms with Gasteiger partial charge in [-0.1, -0.05) is 19.1 Å². The van der Waals surface area contributed by atoms with Gasteiger partial charge in [0.1, 0.15) is 0 Å². The molecule has 0 saturated carbocycles. The predicted octanol–water partition coefficient (Wildman–Crippen LogP) is 2.48. The second-order valence-corrected chi connectivity index (χ2v) is 7.80. The van der Waals surface area contributed by atoms with Gasteiger partial charge >= 0.3 is 0 Å². The normalized spacial score (nSPS) is 24.0. The van der Waals surface area contributed by atoms with Crippen LogP contribution < -0.4 is 5.73 Å². The van der Waals surface area contributed by atoms with Crippen LogP contribution in [0.25, 0.3) is 0 Å². The molecule has 0 aromatic heterocycles. The number of piperazine rings is 1. The van der Waals surface area contributed by atoms with E-state index in [1.165, 1.54) is 5.56 Å². The van der Waals surface area contributed by atoms with Gasteiger partial charge in [0.05, 0.1) is 0 Å². The van der Waals surface area contributed by atoms with Crippen molar-refractivity contribution in [2.24, 2.45) is 11.7 Å². The summed E-state index contributed by atoms with van der Waals surface area (Å²) in [6.07, 6.45) is 2.09. The van der Waals surface area contributed by atoms with Gasteiger partial charge in [-0.05, 0) is 43.5 Å². The number of likely N-dealkylation sites (tertiary alicyclic amines) is 1. The van der Waals surface area contributed by atoms with E-state index in [0.717, 1.165) is 57.7 Å². The van der Waals surface area contributed by atoms with Crippen LogP contribution in [-0.2, 0) is 6.54 Å². The van der Waals surface area contributed by atoms with E-state index in [1.807, 2.05) is 17.0 Å². The summed E-state index contributed by atoms with van der Waals surface area (Å²) in [6.45, 7) is 8.96. The lowest BCUT2D eigenvalue weighted by molar-refractivity contribution is 0.0573. The highest BCUT2D eigenvalue weighted by molar-refractivity contribution is 5.94. The number of likely N-dealkylation sites (N-methyl/N-ethyl adjacent to an activating group) is 1. The average molecular weight is 417 g/mol. The van der Waals surface area contributed by atoms with Crippen molar-refractivity contribution >= 4 is 30.7 Å². The van der Waals surface area contributed by atoms with Gasteiger partial charge in [-0.15, -0.1) is 24.8 Å². The molecule has 2 heterocycles. The number of piperidine rings is 1.